The predicted octanol–water partition coefficient (Wildman–Crippen LogP) is -0.964. The summed E-state index contributed by atoms with van der Waals surface area (Å²) in [6.45, 7) is 4.55. The van der Waals surface area contributed by atoms with Crippen molar-refractivity contribution in [2.45, 2.75) is 31.7 Å². The summed E-state index contributed by atoms with van der Waals surface area (Å²) in [6.07, 6.45) is 1.64. The average molecular weight is 372 g/mol. The number of hydrogen-bond acceptors (Lipinski definition) is 7. The molecule has 10 nitrogen and oxygen atoms in total. The van der Waals surface area contributed by atoms with E-state index < -0.39 is 20.6 Å². The van der Waals surface area contributed by atoms with Crippen LogP contribution in [0.25, 0.3) is 0 Å². The first-order valence-electron chi connectivity index (χ1n) is 7.82. The Hall–Kier alpha value is -2.17. The lowest BCUT2D eigenvalue weighted by atomic mass is 10.2. The summed E-state index contributed by atoms with van der Waals surface area (Å²) in [7, 11) is -0.151. The number of carbonyl (C=O) groups is 1. The SMILES string of the molecule is CN=C(NCc1cn(CC(=O)OC)nn1)N1CCS(=O)(=O)C(C)(C)C1. The molecule has 140 valence electrons. The summed E-state index contributed by atoms with van der Waals surface area (Å²) in [5, 5.41) is 11.0. The lowest BCUT2D eigenvalue weighted by Crippen LogP contribution is -2.57. The lowest BCUT2D eigenvalue weighted by Gasteiger charge is -2.39. The molecular weight excluding hydrogens is 348 g/mol. The highest BCUT2D eigenvalue weighted by molar-refractivity contribution is 7.92. The van der Waals surface area contributed by atoms with Crippen molar-refractivity contribution < 1.29 is 17.9 Å². The highest BCUT2D eigenvalue weighted by Gasteiger charge is 2.40. The topological polar surface area (TPSA) is 119 Å². The monoisotopic (exact) mass is 372 g/mol. The minimum atomic E-state index is -3.11. The lowest BCUT2D eigenvalue weighted by molar-refractivity contribution is -0.141. The second-order valence-corrected chi connectivity index (χ2v) is 9.13. The number of sulfone groups is 1. The number of nitrogens with zero attached hydrogens (tertiary/aromatic N) is 5. The molecule has 0 amide bonds. The number of carbonyl (C=O) groups excluding carboxylic acids is 1. The molecule has 0 saturated carbocycles. The average Bonchev–Trinajstić information content (AvgIpc) is 2.98. The van der Waals surface area contributed by atoms with Gasteiger partial charge in [-0.05, 0) is 13.8 Å². The van der Waals surface area contributed by atoms with Crippen molar-refractivity contribution in [1.82, 2.24) is 25.2 Å². The highest BCUT2D eigenvalue weighted by Crippen LogP contribution is 2.23. The maximum atomic E-state index is 12.1. The van der Waals surface area contributed by atoms with E-state index in [4.69, 9.17) is 0 Å². The number of rotatable bonds is 4. The van der Waals surface area contributed by atoms with Gasteiger partial charge in [0.1, 0.15) is 12.2 Å². The zero-order valence-electron chi connectivity index (χ0n) is 14.9. The standard InChI is InChI=1S/C14H24N6O4S/c1-14(2)10-19(5-6-25(14,22)23)13(15-3)16-7-11-8-20(18-17-11)9-12(21)24-4/h8H,5-7,9-10H2,1-4H3,(H,15,16). The Balaban J connectivity index is 1.96. The first-order chi connectivity index (χ1) is 11.7. The van der Waals surface area contributed by atoms with Crippen molar-refractivity contribution >= 4 is 21.8 Å². The fraction of sp³-hybridized carbons (Fsp3) is 0.714. The van der Waals surface area contributed by atoms with E-state index in [2.05, 4.69) is 25.4 Å². The summed E-state index contributed by atoms with van der Waals surface area (Å²) in [6, 6.07) is 0. The van der Waals surface area contributed by atoms with E-state index in [0.717, 1.165) is 0 Å². The van der Waals surface area contributed by atoms with Crippen molar-refractivity contribution in [2.24, 2.45) is 4.99 Å². The fourth-order valence-electron chi connectivity index (χ4n) is 2.52. The van der Waals surface area contributed by atoms with Crippen LogP contribution < -0.4 is 5.32 Å². The molecule has 11 heteroatoms. The minimum absolute atomic E-state index is 0.00357. The minimum Gasteiger partial charge on any atom is -0.468 e. The molecule has 2 heterocycles. The van der Waals surface area contributed by atoms with E-state index in [1.165, 1.54) is 11.8 Å². The van der Waals surface area contributed by atoms with Crippen LogP contribution in [0.3, 0.4) is 0 Å². The number of aliphatic imine (C=N–C) groups is 1. The molecule has 1 aromatic heterocycles. The van der Waals surface area contributed by atoms with Crippen LogP contribution in [0.2, 0.25) is 0 Å². The van der Waals surface area contributed by atoms with E-state index in [0.29, 0.717) is 31.3 Å². The molecule has 0 bridgehead atoms. The first-order valence-corrected chi connectivity index (χ1v) is 9.47. The predicted molar refractivity (Wildman–Crippen MR) is 91.7 cm³/mol. The third-order valence-electron chi connectivity index (χ3n) is 4.09. The maximum Gasteiger partial charge on any atom is 0.327 e. The number of nitrogens with one attached hydrogen (secondary N) is 1. The van der Waals surface area contributed by atoms with Gasteiger partial charge in [-0.15, -0.1) is 5.10 Å². The summed E-state index contributed by atoms with van der Waals surface area (Å²) >= 11 is 0. The molecule has 1 fully saturated rings. The van der Waals surface area contributed by atoms with Gasteiger partial charge < -0.3 is 15.0 Å². The van der Waals surface area contributed by atoms with E-state index >= 15 is 0 Å². The largest absolute Gasteiger partial charge is 0.468 e. The summed E-state index contributed by atoms with van der Waals surface area (Å²) in [4.78, 5) is 17.4. The van der Waals surface area contributed by atoms with Gasteiger partial charge in [0.2, 0.25) is 0 Å². The summed E-state index contributed by atoms with van der Waals surface area (Å²) in [5.41, 5.74) is 0.633. The Morgan fingerprint density at radius 1 is 1.48 bits per heavy atom. The van der Waals surface area contributed by atoms with Gasteiger partial charge in [0.15, 0.2) is 15.8 Å². The summed E-state index contributed by atoms with van der Waals surface area (Å²) < 4.78 is 29.4. The molecule has 0 spiro atoms. The van der Waals surface area contributed by atoms with Gasteiger partial charge in [-0.1, -0.05) is 5.21 Å². The normalized spacial score (nSPS) is 19.5. The molecular formula is C14H24N6O4S. The van der Waals surface area contributed by atoms with Crippen LogP contribution in [-0.2, 0) is 32.5 Å². The fourth-order valence-corrected chi connectivity index (χ4v) is 3.89. The van der Waals surface area contributed by atoms with Gasteiger partial charge >= 0.3 is 5.97 Å². The number of esters is 1. The number of aromatic nitrogens is 3. The van der Waals surface area contributed by atoms with Gasteiger partial charge in [-0.3, -0.25) is 9.79 Å². The van der Waals surface area contributed by atoms with Crippen molar-refractivity contribution in [3.05, 3.63) is 11.9 Å². The zero-order valence-corrected chi connectivity index (χ0v) is 15.7. The number of guanidine groups is 1. The van der Waals surface area contributed by atoms with Gasteiger partial charge in [-0.25, -0.2) is 13.1 Å². The smallest absolute Gasteiger partial charge is 0.327 e. The molecule has 1 aromatic rings. The molecule has 1 aliphatic heterocycles. The van der Waals surface area contributed by atoms with Crippen molar-refractivity contribution in [3.8, 4) is 0 Å². The molecule has 0 aromatic carbocycles. The first kappa shape index (κ1) is 19.2. The Morgan fingerprint density at radius 3 is 2.80 bits per heavy atom. The molecule has 1 saturated heterocycles. The number of hydrogen-bond donors (Lipinski definition) is 1. The van der Waals surface area contributed by atoms with E-state index in [1.54, 1.807) is 27.1 Å². The molecule has 0 aliphatic carbocycles. The van der Waals surface area contributed by atoms with Gasteiger partial charge in [0.25, 0.3) is 0 Å². The third-order valence-corrected chi connectivity index (χ3v) is 6.62. The highest BCUT2D eigenvalue weighted by atomic mass is 32.2. The van der Waals surface area contributed by atoms with Crippen molar-refractivity contribution in [3.63, 3.8) is 0 Å². The molecule has 0 radical (unpaired) electrons. The van der Waals surface area contributed by atoms with Crippen LogP contribution in [0, 0.1) is 0 Å². The molecule has 0 atom stereocenters. The number of methoxy groups -OCH3 is 1. The Labute approximate surface area is 147 Å². The maximum absolute atomic E-state index is 12.1. The van der Waals surface area contributed by atoms with Crippen LogP contribution in [0.1, 0.15) is 19.5 Å². The van der Waals surface area contributed by atoms with Crippen LogP contribution in [-0.4, -0.2) is 78.0 Å². The molecule has 0 unspecified atom stereocenters. The van der Waals surface area contributed by atoms with E-state index in [-0.39, 0.29) is 12.3 Å². The quantitative estimate of drug-likeness (QED) is 0.408. The molecule has 25 heavy (non-hydrogen) atoms. The van der Waals surface area contributed by atoms with Crippen LogP contribution in [0.15, 0.2) is 11.2 Å². The van der Waals surface area contributed by atoms with E-state index in [9.17, 15) is 13.2 Å². The van der Waals surface area contributed by atoms with E-state index in [1.807, 2.05) is 4.90 Å². The van der Waals surface area contributed by atoms with Crippen LogP contribution in [0.5, 0.6) is 0 Å². The Bertz CT molecular complexity index is 755. The zero-order chi connectivity index (χ0) is 18.7. The Kier molecular flexibility index (Phi) is 5.65. The molecule has 1 aliphatic rings. The second kappa shape index (κ2) is 7.38. The van der Waals surface area contributed by atoms with Crippen LogP contribution >= 0.6 is 0 Å². The molecule has 2 rings (SSSR count). The van der Waals surface area contributed by atoms with Gasteiger partial charge in [0, 0.05) is 20.1 Å². The van der Waals surface area contributed by atoms with Crippen LogP contribution in [0.4, 0.5) is 0 Å². The van der Waals surface area contributed by atoms with Crippen molar-refractivity contribution in [1.29, 1.82) is 0 Å². The molecule has 1 N–H and O–H groups in total. The summed E-state index contributed by atoms with van der Waals surface area (Å²) in [5.74, 6) is 0.290. The number of ether oxygens (including phenoxy) is 1. The Morgan fingerprint density at radius 2 is 2.20 bits per heavy atom. The third kappa shape index (κ3) is 4.47. The van der Waals surface area contributed by atoms with Gasteiger partial charge in [-0.2, -0.15) is 0 Å². The second-order valence-electron chi connectivity index (χ2n) is 6.38. The van der Waals surface area contributed by atoms with Gasteiger partial charge in [0.05, 0.1) is 30.4 Å². The van der Waals surface area contributed by atoms with Crippen molar-refractivity contribution in [2.75, 3.05) is 33.0 Å².